The van der Waals surface area contributed by atoms with E-state index in [0.717, 1.165) is 12.0 Å². The summed E-state index contributed by atoms with van der Waals surface area (Å²) in [5.74, 6) is -1.85. The Kier molecular flexibility index (Phi) is 11.0. The summed E-state index contributed by atoms with van der Waals surface area (Å²) in [5, 5.41) is 16.8. The summed E-state index contributed by atoms with van der Waals surface area (Å²) in [7, 11) is 1.28. The number of amides is 2. The lowest BCUT2D eigenvalue weighted by atomic mass is 9.84. The van der Waals surface area contributed by atoms with E-state index in [0.29, 0.717) is 12.8 Å². The first-order chi connectivity index (χ1) is 16.5. The minimum atomic E-state index is -0.795. The maximum Gasteiger partial charge on any atom is 0.328 e. The molecular weight excluding hydrogens is 444 g/mol. The SMILES string of the molecule is COC(=O)[C@@H](NC(=O)[C@@H](NC(=O)CC1CCC(C)=CC(Cc2ccccc2)C1O)C(C)C)C(C)C. The number of hydrogen-bond acceptors (Lipinski definition) is 5. The van der Waals surface area contributed by atoms with Gasteiger partial charge in [0.2, 0.25) is 11.8 Å². The Morgan fingerprint density at radius 2 is 1.66 bits per heavy atom. The van der Waals surface area contributed by atoms with Crippen LogP contribution in [-0.2, 0) is 25.5 Å². The summed E-state index contributed by atoms with van der Waals surface area (Å²) in [6.07, 6.45) is 3.85. The molecule has 0 saturated carbocycles. The molecule has 1 aromatic rings. The van der Waals surface area contributed by atoms with Crippen molar-refractivity contribution in [2.75, 3.05) is 7.11 Å². The van der Waals surface area contributed by atoms with Gasteiger partial charge in [-0.1, -0.05) is 69.7 Å². The van der Waals surface area contributed by atoms with Gasteiger partial charge in [0.15, 0.2) is 0 Å². The van der Waals surface area contributed by atoms with E-state index in [2.05, 4.69) is 23.6 Å². The van der Waals surface area contributed by atoms with Gasteiger partial charge in [-0.05, 0) is 49.5 Å². The van der Waals surface area contributed by atoms with Gasteiger partial charge in [0.25, 0.3) is 0 Å². The first kappa shape index (κ1) is 28.6. The highest BCUT2D eigenvalue weighted by atomic mass is 16.5. The van der Waals surface area contributed by atoms with Gasteiger partial charge in [0.1, 0.15) is 12.1 Å². The molecule has 0 aliphatic heterocycles. The molecule has 2 rings (SSSR count). The first-order valence-corrected chi connectivity index (χ1v) is 12.6. The number of benzene rings is 1. The van der Waals surface area contributed by atoms with Gasteiger partial charge >= 0.3 is 5.97 Å². The molecule has 35 heavy (non-hydrogen) atoms. The van der Waals surface area contributed by atoms with E-state index in [1.165, 1.54) is 12.7 Å². The smallest absolute Gasteiger partial charge is 0.328 e. The molecule has 194 valence electrons. The summed E-state index contributed by atoms with van der Waals surface area (Å²) in [4.78, 5) is 38.1. The highest BCUT2D eigenvalue weighted by Crippen LogP contribution is 2.31. The number of carbonyl (C=O) groups excluding carboxylic acids is 3. The van der Waals surface area contributed by atoms with Gasteiger partial charge < -0.3 is 20.5 Å². The highest BCUT2D eigenvalue weighted by molar-refractivity contribution is 5.91. The van der Waals surface area contributed by atoms with Crippen molar-refractivity contribution < 1.29 is 24.2 Å². The second-order valence-electron chi connectivity index (χ2n) is 10.4. The number of carbonyl (C=O) groups is 3. The van der Waals surface area contributed by atoms with Crippen LogP contribution in [0.1, 0.15) is 59.4 Å². The number of allylic oxidation sites excluding steroid dienone is 1. The number of rotatable bonds is 10. The summed E-state index contributed by atoms with van der Waals surface area (Å²) in [6.45, 7) is 9.40. The van der Waals surface area contributed by atoms with Crippen LogP contribution < -0.4 is 10.6 Å². The zero-order valence-corrected chi connectivity index (χ0v) is 21.9. The van der Waals surface area contributed by atoms with Crippen LogP contribution in [0.2, 0.25) is 0 Å². The van der Waals surface area contributed by atoms with Gasteiger partial charge in [-0.2, -0.15) is 0 Å². The maximum atomic E-state index is 13.0. The van der Waals surface area contributed by atoms with Crippen molar-refractivity contribution in [3.05, 3.63) is 47.5 Å². The molecule has 5 atom stereocenters. The fourth-order valence-electron chi connectivity index (χ4n) is 4.64. The van der Waals surface area contributed by atoms with Gasteiger partial charge in [0, 0.05) is 12.3 Å². The molecule has 3 unspecified atom stereocenters. The molecule has 0 radical (unpaired) electrons. The molecule has 0 heterocycles. The van der Waals surface area contributed by atoms with E-state index in [4.69, 9.17) is 4.74 Å². The maximum absolute atomic E-state index is 13.0. The molecule has 3 N–H and O–H groups in total. The number of aliphatic hydroxyl groups is 1. The van der Waals surface area contributed by atoms with Crippen LogP contribution in [0, 0.1) is 23.7 Å². The lowest BCUT2D eigenvalue weighted by molar-refractivity contribution is -0.146. The van der Waals surface area contributed by atoms with E-state index in [-0.39, 0.29) is 36.0 Å². The third-order valence-electron chi connectivity index (χ3n) is 6.78. The van der Waals surface area contributed by atoms with Crippen LogP contribution in [0.4, 0.5) is 0 Å². The van der Waals surface area contributed by atoms with Crippen molar-refractivity contribution in [2.45, 2.75) is 78.5 Å². The molecule has 1 aromatic carbocycles. The topological polar surface area (TPSA) is 105 Å². The fourth-order valence-corrected chi connectivity index (χ4v) is 4.64. The molecule has 7 heteroatoms. The molecule has 0 fully saturated rings. The normalized spacial score (nSPS) is 22.1. The third-order valence-corrected chi connectivity index (χ3v) is 6.78. The van der Waals surface area contributed by atoms with Crippen LogP contribution in [0.3, 0.4) is 0 Å². The molecular formula is C28H42N2O5. The Balaban J connectivity index is 2.07. The summed E-state index contributed by atoms with van der Waals surface area (Å²) < 4.78 is 4.81. The van der Waals surface area contributed by atoms with E-state index in [1.54, 1.807) is 0 Å². The Morgan fingerprint density at radius 3 is 2.23 bits per heavy atom. The van der Waals surface area contributed by atoms with Crippen LogP contribution in [0.5, 0.6) is 0 Å². The lowest BCUT2D eigenvalue weighted by Gasteiger charge is -2.29. The molecule has 1 aliphatic rings. The largest absolute Gasteiger partial charge is 0.467 e. The molecule has 0 spiro atoms. The standard InChI is InChI=1S/C28H42N2O5/c1-17(2)24(27(33)30-25(18(3)4)28(34)35-6)29-23(31)16-21-13-12-19(5)14-22(26(21)32)15-20-10-8-7-9-11-20/h7-11,14,17-18,21-22,24-26,32H,12-13,15-16H2,1-6H3,(H,29,31)(H,30,33)/t21?,22?,24-,25-,26?/m0/s1. The van der Waals surface area contributed by atoms with Crippen LogP contribution in [0.25, 0.3) is 0 Å². The Bertz CT molecular complexity index is 881. The molecule has 0 bridgehead atoms. The Labute approximate surface area is 209 Å². The average Bonchev–Trinajstić information content (AvgIpc) is 2.94. The molecule has 2 amide bonds. The molecule has 7 nitrogen and oxygen atoms in total. The zero-order valence-electron chi connectivity index (χ0n) is 21.9. The molecule has 1 aliphatic carbocycles. The molecule has 0 saturated heterocycles. The lowest BCUT2D eigenvalue weighted by Crippen LogP contribution is -2.55. The predicted octanol–water partition coefficient (Wildman–Crippen LogP) is 3.41. The van der Waals surface area contributed by atoms with Crippen molar-refractivity contribution in [3.8, 4) is 0 Å². The Morgan fingerprint density at radius 1 is 1.03 bits per heavy atom. The van der Waals surface area contributed by atoms with Gasteiger partial charge in [-0.25, -0.2) is 4.79 Å². The number of esters is 1. The quantitative estimate of drug-likeness (QED) is 0.347. The second kappa shape index (κ2) is 13.4. The number of methoxy groups -OCH3 is 1. The van der Waals surface area contributed by atoms with Gasteiger partial charge in [-0.3, -0.25) is 9.59 Å². The predicted molar refractivity (Wildman–Crippen MR) is 136 cm³/mol. The van der Waals surface area contributed by atoms with Crippen molar-refractivity contribution in [1.29, 1.82) is 0 Å². The summed E-state index contributed by atoms with van der Waals surface area (Å²) >= 11 is 0. The van der Waals surface area contributed by atoms with Crippen molar-refractivity contribution in [1.82, 2.24) is 10.6 Å². The minimum absolute atomic E-state index is 0.0752. The van der Waals surface area contributed by atoms with E-state index in [1.807, 2.05) is 58.0 Å². The number of nitrogens with one attached hydrogen (secondary N) is 2. The second-order valence-corrected chi connectivity index (χ2v) is 10.4. The van der Waals surface area contributed by atoms with Crippen molar-refractivity contribution >= 4 is 17.8 Å². The first-order valence-electron chi connectivity index (χ1n) is 12.6. The summed E-state index contributed by atoms with van der Waals surface area (Å²) in [5.41, 5.74) is 2.36. The number of hydrogen-bond donors (Lipinski definition) is 3. The van der Waals surface area contributed by atoms with Crippen LogP contribution >= 0.6 is 0 Å². The van der Waals surface area contributed by atoms with Crippen LogP contribution in [-0.4, -0.2) is 48.2 Å². The van der Waals surface area contributed by atoms with Crippen molar-refractivity contribution in [2.24, 2.45) is 23.7 Å². The van der Waals surface area contributed by atoms with E-state index in [9.17, 15) is 19.5 Å². The van der Waals surface area contributed by atoms with Gasteiger partial charge in [-0.15, -0.1) is 0 Å². The molecule has 0 aromatic heterocycles. The van der Waals surface area contributed by atoms with E-state index < -0.39 is 30.1 Å². The third kappa shape index (κ3) is 8.49. The van der Waals surface area contributed by atoms with Gasteiger partial charge in [0.05, 0.1) is 13.2 Å². The summed E-state index contributed by atoms with van der Waals surface area (Å²) in [6, 6.07) is 8.46. The Hall–Kier alpha value is -2.67. The fraction of sp³-hybridized carbons (Fsp3) is 0.607. The minimum Gasteiger partial charge on any atom is -0.467 e. The highest BCUT2D eigenvalue weighted by Gasteiger charge is 2.34. The van der Waals surface area contributed by atoms with Crippen molar-refractivity contribution in [3.63, 3.8) is 0 Å². The zero-order chi connectivity index (χ0) is 26.1. The average molecular weight is 487 g/mol. The monoisotopic (exact) mass is 486 g/mol. The number of aliphatic hydroxyl groups excluding tert-OH is 1. The van der Waals surface area contributed by atoms with E-state index >= 15 is 0 Å². The number of ether oxygens (including phenoxy) is 1. The van der Waals surface area contributed by atoms with Crippen LogP contribution in [0.15, 0.2) is 42.0 Å².